The standard InChI is InChI=1S/C33H38FN5O2S/c1-23-19-24(2)28(21-27(23)20-25-11-13-37(14-12-25)30-9-5-4-7-26(30)22-35)33(40)39-17-15-38(16-18-39)31-10-6-8-29(34)32(31)42(3,36)41/h4-10,19,21,25,36H,11-18,20H2,1-3H3/t42-/m1/s1. The Labute approximate surface area is 248 Å². The van der Waals surface area contributed by atoms with Crippen LogP contribution in [0.3, 0.4) is 0 Å². The maximum Gasteiger partial charge on any atom is 0.254 e. The number of nitrogens with zero attached hydrogens (tertiary/aromatic N) is 4. The quantitative estimate of drug-likeness (QED) is 0.395. The Morgan fingerprint density at radius 3 is 2.26 bits per heavy atom. The van der Waals surface area contributed by atoms with Crippen molar-refractivity contribution >= 4 is 27.0 Å². The van der Waals surface area contributed by atoms with Gasteiger partial charge in [0.15, 0.2) is 0 Å². The average Bonchev–Trinajstić information content (AvgIpc) is 2.98. The van der Waals surface area contributed by atoms with Gasteiger partial charge in [0.05, 0.1) is 26.7 Å². The first-order chi connectivity index (χ1) is 20.1. The van der Waals surface area contributed by atoms with E-state index in [0.717, 1.165) is 49.2 Å². The van der Waals surface area contributed by atoms with Crippen molar-refractivity contribution in [2.45, 2.75) is 38.0 Å². The normalized spacial score (nSPS) is 17.5. The predicted molar refractivity (Wildman–Crippen MR) is 165 cm³/mol. The van der Waals surface area contributed by atoms with E-state index in [1.54, 1.807) is 12.1 Å². The van der Waals surface area contributed by atoms with E-state index in [4.69, 9.17) is 4.78 Å². The first-order valence-electron chi connectivity index (χ1n) is 14.5. The molecule has 2 aliphatic rings. The van der Waals surface area contributed by atoms with Gasteiger partial charge in [0.2, 0.25) is 0 Å². The zero-order valence-corrected chi connectivity index (χ0v) is 25.3. The molecule has 3 aromatic carbocycles. The van der Waals surface area contributed by atoms with E-state index in [1.807, 2.05) is 41.0 Å². The lowest BCUT2D eigenvalue weighted by Crippen LogP contribution is -2.49. The number of halogens is 1. The first kappa shape index (κ1) is 29.6. The first-order valence-corrected chi connectivity index (χ1v) is 16.4. The molecule has 2 fully saturated rings. The van der Waals surface area contributed by atoms with Crippen molar-refractivity contribution in [1.82, 2.24) is 4.90 Å². The Kier molecular flexibility index (Phi) is 8.55. The summed E-state index contributed by atoms with van der Waals surface area (Å²) >= 11 is 0. The van der Waals surface area contributed by atoms with Gasteiger partial charge in [0.1, 0.15) is 16.8 Å². The Morgan fingerprint density at radius 2 is 1.60 bits per heavy atom. The Bertz CT molecular complexity index is 1630. The number of amides is 1. The molecule has 220 valence electrons. The van der Waals surface area contributed by atoms with Crippen LogP contribution in [-0.4, -0.2) is 60.5 Å². The summed E-state index contributed by atoms with van der Waals surface area (Å²) < 4.78 is 35.0. The van der Waals surface area contributed by atoms with E-state index in [0.29, 0.717) is 43.3 Å². The molecule has 9 heteroatoms. The highest BCUT2D eigenvalue weighted by molar-refractivity contribution is 7.91. The molecule has 1 N–H and O–H groups in total. The summed E-state index contributed by atoms with van der Waals surface area (Å²) in [6.45, 7) is 7.78. The maximum atomic E-state index is 14.5. The number of carbonyl (C=O) groups excluding carboxylic acids is 1. The zero-order valence-electron chi connectivity index (χ0n) is 24.5. The van der Waals surface area contributed by atoms with Crippen molar-refractivity contribution in [3.63, 3.8) is 0 Å². The fourth-order valence-electron chi connectivity index (χ4n) is 6.33. The molecule has 0 aliphatic carbocycles. The summed E-state index contributed by atoms with van der Waals surface area (Å²) in [5.74, 6) is -0.126. The van der Waals surface area contributed by atoms with Crippen LogP contribution in [0.4, 0.5) is 15.8 Å². The van der Waals surface area contributed by atoms with Crippen molar-refractivity contribution < 1.29 is 13.4 Å². The molecule has 1 atom stereocenters. The molecule has 0 aromatic heterocycles. The Balaban J connectivity index is 1.25. The van der Waals surface area contributed by atoms with E-state index in [1.165, 1.54) is 23.4 Å². The lowest BCUT2D eigenvalue weighted by atomic mass is 9.86. The molecule has 3 aromatic rings. The van der Waals surface area contributed by atoms with E-state index in [9.17, 15) is 18.7 Å². The molecular formula is C33H38FN5O2S. The van der Waals surface area contributed by atoms with Crippen molar-refractivity contribution in [1.29, 1.82) is 10.0 Å². The van der Waals surface area contributed by atoms with Crippen molar-refractivity contribution in [3.8, 4) is 6.07 Å². The highest BCUT2D eigenvalue weighted by Gasteiger charge is 2.28. The Hall–Kier alpha value is -3.90. The number of piperazine rings is 1. The largest absolute Gasteiger partial charge is 0.370 e. The number of para-hydroxylation sites is 1. The summed E-state index contributed by atoms with van der Waals surface area (Å²) in [4.78, 5) is 19.7. The minimum absolute atomic E-state index is 0.00410. The third kappa shape index (κ3) is 6.14. The molecule has 7 nitrogen and oxygen atoms in total. The van der Waals surface area contributed by atoms with Crippen LogP contribution in [0.1, 0.15) is 45.5 Å². The van der Waals surface area contributed by atoms with E-state index < -0.39 is 15.5 Å². The van der Waals surface area contributed by atoms with E-state index >= 15 is 0 Å². The third-order valence-corrected chi connectivity index (χ3v) is 9.83. The van der Waals surface area contributed by atoms with Crippen LogP contribution >= 0.6 is 0 Å². The minimum Gasteiger partial charge on any atom is -0.370 e. The topological polar surface area (TPSA) is 91.5 Å². The molecule has 0 spiro atoms. The third-order valence-electron chi connectivity index (χ3n) is 8.64. The number of piperidine rings is 1. The fraction of sp³-hybridized carbons (Fsp3) is 0.394. The number of rotatable bonds is 6. The molecule has 2 aliphatic heterocycles. The van der Waals surface area contributed by atoms with Crippen LogP contribution in [0.2, 0.25) is 0 Å². The summed E-state index contributed by atoms with van der Waals surface area (Å²) in [6, 6.07) is 18.8. The van der Waals surface area contributed by atoms with E-state index in [-0.39, 0.29) is 10.8 Å². The molecular weight excluding hydrogens is 549 g/mol. The molecule has 42 heavy (non-hydrogen) atoms. The van der Waals surface area contributed by atoms with Crippen molar-refractivity contribution in [2.24, 2.45) is 5.92 Å². The highest BCUT2D eigenvalue weighted by atomic mass is 32.2. The average molecular weight is 588 g/mol. The van der Waals surface area contributed by atoms with Gasteiger partial charge in [0, 0.05) is 51.1 Å². The van der Waals surface area contributed by atoms with Gasteiger partial charge in [-0.1, -0.05) is 24.3 Å². The molecule has 0 radical (unpaired) electrons. The summed E-state index contributed by atoms with van der Waals surface area (Å²) in [6.07, 6.45) is 4.22. The molecule has 0 bridgehead atoms. The maximum absolute atomic E-state index is 14.5. The summed E-state index contributed by atoms with van der Waals surface area (Å²) in [7, 11) is -3.25. The minimum atomic E-state index is -3.25. The molecule has 2 saturated heterocycles. The molecule has 1 amide bonds. The van der Waals surface area contributed by atoms with Gasteiger partial charge >= 0.3 is 0 Å². The van der Waals surface area contributed by atoms with Gasteiger partial charge < -0.3 is 14.7 Å². The molecule has 5 rings (SSSR count). The van der Waals surface area contributed by atoms with Crippen molar-refractivity contribution in [2.75, 3.05) is 55.3 Å². The van der Waals surface area contributed by atoms with Gasteiger partial charge in [-0.05, 0) is 86.1 Å². The number of benzene rings is 3. The lowest BCUT2D eigenvalue weighted by Gasteiger charge is -2.37. The Morgan fingerprint density at radius 1 is 0.952 bits per heavy atom. The van der Waals surface area contributed by atoms with Gasteiger partial charge in [-0.2, -0.15) is 5.26 Å². The second kappa shape index (κ2) is 12.1. The SMILES string of the molecule is Cc1cc(C)c(C(=O)N2CCN(c3cccc(F)c3[S@](C)(=N)=O)CC2)cc1CC1CCN(c2ccccc2C#N)CC1. The van der Waals surface area contributed by atoms with Crippen LogP contribution in [0.15, 0.2) is 59.5 Å². The van der Waals surface area contributed by atoms with Crippen LogP contribution < -0.4 is 9.80 Å². The molecule has 0 unspecified atom stereocenters. The van der Waals surface area contributed by atoms with Crippen LogP contribution in [0.25, 0.3) is 0 Å². The second-order valence-corrected chi connectivity index (χ2v) is 13.7. The summed E-state index contributed by atoms with van der Waals surface area (Å²) in [5.41, 5.74) is 6.28. The monoisotopic (exact) mass is 587 g/mol. The fourth-order valence-corrected chi connectivity index (χ4v) is 7.37. The summed E-state index contributed by atoms with van der Waals surface area (Å²) in [5, 5.41) is 9.49. The molecule has 0 saturated carbocycles. The van der Waals surface area contributed by atoms with E-state index in [2.05, 4.69) is 30.0 Å². The molecule has 2 heterocycles. The number of nitrogens with one attached hydrogen (secondary N) is 1. The number of carbonyl (C=O) groups is 1. The lowest BCUT2D eigenvalue weighted by molar-refractivity contribution is 0.0745. The number of aryl methyl sites for hydroxylation is 2. The number of nitriles is 1. The number of hydrogen-bond donors (Lipinski definition) is 1. The predicted octanol–water partition coefficient (Wildman–Crippen LogP) is 5.77. The highest BCUT2D eigenvalue weighted by Crippen LogP contribution is 2.31. The van der Waals surface area contributed by atoms with Crippen LogP contribution in [0.5, 0.6) is 0 Å². The van der Waals surface area contributed by atoms with Crippen LogP contribution in [0, 0.1) is 41.7 Å². The second-order valence-electron chi connectivity index (χ2n) is 11.6. The number of hydrogen-bond acceptors (Lipinski definition) is 6. The van der Waals surface area contributed by atoms with Gasteiger partial charge in [0.25, 0.3) is 5.91 Å². The van der Waals surface area contributed by atoms with Gasteiger partial charge in [-0.25, -0.2) is 13.4 Å². The zero-order chi connectivity index (χ0) is 30.0. The van der Waals surface area contributed by atoms with Crippen molar-refractivity contribution in [3.05, 3.63) is 88.2 Å². The number of anilines is 2. The van der Waals surface area contributed by atoms with Gasteiger partial charge in [-0.15, -0.1) is 0 Å². The van der Waals surface area contributed by atoms with Gasteiger partial charge in [-0.3, -0.25) is 4.79 Å². The van der Waals surface area contributed by atoms with Crippen LogP contribution in [-0.2, 0) is 16.1 Å². The smallest absolute Gasteiger partial charge is 0.254 e.